The van der Waals surface area contributed by atoms with E-state index in [2.05, 4.69) is 41.3 Å². The van der Waals surface area contributed by atoms with Crippen molar-refractivity contribution in [2.45, 2.75) is 0 Å². The van der Waals surface area contributed by atoms with Crippen LogP contribution in [0.1, 0.15) is 20.7 Å². The van der Waals surface area contributed by atoms with Gasteiger partial charge in [-0.3, -0.25) is 9.59 Å². The smallest absolute Gasteiger partial charge is 0.259 e. The van der Waals surface area contributed by atoms with Gasteiger partial charge in [-0.1, -0.05) is 84.9 Å². The molecular formula is C48H32N8O5. The number of fused-ring (bicyclic) bond motifs is 2. The van der Waals surface area contributed by atoms with E-state index in [1.807, 2.05) is 72.8 Å². The van der Waals surface area contributed by atoms with Crippen molar-refractivity contribution in [1.82, 2.24) is 10.2 Å². The molecule has 294 valence electrons. The largest absolute Gasteiger partial charge is 0.505 e. The number of hydrogen-bond donors (Lipinski definition) is 4. The number of benzene rings is 8. The number of amides is 2. The highest BCUT2D eigenvalue weighted by Crippen LogP contribution is 2.41. The first-order chi connectivity index (χ1) is 29.9. The van der Waals surface area contributed by atoms with Crippen LogP contribution < -0.4 is 10.6 Å². The Morgan fingerprint density at radius 3 is 1.25 bits per heavy atom. The molecule has 1 heterocycles. The Kier molecular flexibility index (Phi) is 10.2. The zero-order valence-electron chi connectivity index (χ0n) is 32.0. The first-order valence-electron chi connectivity index (χ1n) is 19.0. The third-order valence-electron chi connectivity index (χ3n) is 9.73. The minimum absolute atomic E-state index is 0.0693. The predicted molar refractivity (Wildman–Crippen MR) is 234 cm³/mol. The number of phenolic OH excluding ortho intramolecular Hbond substituents is 2. The van der Waals surface area contributed by atoms with Gasteiger partial charge >= 0.3 is 0 Å². The van der Waals surface area contributed by atoms with E-state index in [1.165, 1.54) is 0 Å². The van der Waals surface area contributed by atoms with Gasteiger partial charge in [-0.05, 0) is 95.7 Å². The van der Waals surface area contributed by atoms with Gasteiger partial charge in [0.05, 0.1) is 22.5 Å². The monoisotopic (exact) mass is 800 g/mol. The number of carbonyl (C=O) groups excluding carboxylic acids is 2. The van der Waals surface area contributed by atoms with Crippen LogP contribution >= 0.6 is 0 Å². The molecule has 0 aliphatic heterocycles. The Morgan fingerprint density at radius 2 is 0.836 bits per heavy atom. The molecule has 0 unspecified atom stereocenters. The van der Waals surface area contributed by atoms with Crippen LogP contribution in [0.2, 0.25) is 0 Å². The lowest BCUT2D eigenvalue weighted by Gasteiger charge is -2.11. The number of nitrogens with one attached hydrogen (secondary N) is 2. The van der Waals surface area contributed by atoms with Crippen molar-refractivity contribution in [1.29, 1.82) is 0 Å². The molecule has 2 amide bonds. The van der Waals surface area contributed by atoms with Gasteiger partial charge in [0.15, 0.2) is 11.5 Å². The summed E-state index contributed by atoms with van der Waals surface area (Å²) in [5.41, 5.74) is 3.91. The van der Waals surface area contributed by atoms with Gasteiger partial charge in [0, 0.05) is 33.3 Å². The number of rotatable bonds is 10. The van der Waals surface area contributed by atoms with Crippen molar-refractivity contribution in [3.63, 3.8) is 0 Å². The molecular weight excluding hydrogens is 769 g/mol. The number of hydrogen-bond acceptors (Lipinski definition) is 11. The summed E-state index contributed by atoms with van der Waals surface area (Å²) in [7, 11) is 0. The summed E-state index contributed by atoms with van der Waals surface area (Å²) in [6, 6.07) is 49.8. The zero-order valence-corrected chi connectivity index (χ0v) is 32.0. The summed E-state index contributed by atoms with van der Waals surface area (Å²) in [5.74, 6) is -0.968. The molecule has 0 atom stereocenters. The van der Waals surface area contributed by atoms with E-state index in [9.17, 15) is 19.8 Å². The topological polar surface area (TPSA) is 187 Å². The van der Waals surface area contributed by atoms with Crippen LogP contribution in [-0.2, 0) is 0 Å². The summed E-state index contributed by atoms with van der Waals surface area (Å²) in [6.45, 7) is 0. The lowest BCUT2D eigenvalue weighted by molar-refractivity contribution is 0.101. The summed E-state index contributed by atoms with van der Waals surface area (Å²) < 4.78 is 6.01. The highest BCUT2D eigenvalue weighted by atomic mass is 16.4. The molecule has 0 saturated heterocycles. The summed E-state index contributed by atoms with van der Waals surface area (Å²) >= 11 is 0. The molecule has 9 rings (SSSR count). The van der Waals surface area contributed by atoms with Crippen molar-refractivity contribution in [3.8, 4) is 34.4 Å². The molecule has 13 heteroatoms. The summed E-state index contributed by atoms with van der Waals surface area (Å²) in [5, 5.41) is 56.7. The molecule has 0 spiro atoms. The van der Waals surface area contributed by atoms with Crippen LogP contribution in [0.15, 0.2) is 195 Å². The lowest BCUT2D eigenvalue weighted by Crippen LogP contribution is -2.12. The molecule has 0 aliphatic carbocycles. The maximum atomic E-state index is 13.2. The molecule has 4 N–H and O–H groups in total. The second-order valence-electron chi connectivity index (χ2n) is 13.7. The summed E-state index contributed by atoms with van der Waals surface area (Å²) in [4.78, 5) is 26.4. The van der Waals surface area contributed by atoms with Gasteiger partial charge in [0.2, 0.25) is 11.8 Å². The van der Waals surface area contributed by atoms with E-state index >= 15 is 0 Å². The highest BCUT2D eigenvalue weighted by molar-refractivity contribution is 6.12. The van der Waals surface area contributed by atoms with Crippen molar-refractivity contribution in [3.05, 3.63) is 181 Å². The number of anilines is 2. The van der Waals surface area contributed by atoms with Gasteiger partial charge in [0.25, 0.3) is 11.8 Å². The van der Waals surface area contributed by atoms with Crippen LogP contribution in [0.4, 0.5) is 34.1 Å². The Hall–Kier alpha value is -8.84. The lowest BCUT2D eigenvalue weighted by atomic mass is 10.0. The average molecular weight is 801 g/mol. The second kappa shape index (κ2) is 16.6. The van der Waals surface area contributed by atoms with Gasteiger partial charge in [-0.2, -0.15) is 10.2 Å². The van der Waals surface area contributed by atoms with E-state index in [-0.39, 0.29) is 45.8 Å². The number of carbonyl (C=O) groups is 2. The normalized spacial score (nSPS) is 11.4. The minimum Gasteiger partial charge on any atom is -0.505 e. The minimum atomic E-state index is -0.477. The van der Waals surface area contributed by atoms with Crippen molar-refractivity contribution >= 4 is 67.5 Å². The number of para-hydroxylation sites is 2. The third kappa shape index (κ3) is 8.02. The molecule has 0 radical (unpaired) electrons. The fraction of sp³-hybridized carbons (Fsp3) is 0. The number of nitrogens with zero attached hydrogens (tertiary/aromatic N) is 6. The molecule has 0 fully saturated rings. The van der Waals surface area contributed by atoms with Crippen LogP contribution in [0, 0.1) is 0 Å². The first-order valence-corrected chi connectivity index (χ1v) is 19.0. The van der Waals surface area contributed by atoms with Crippen molar-refractivity contribution < 1.29 is 24.2 Å². The predicted octanol–water partition coefficient (Wildman–Crippen LogP) is 12.5. The van der Waals surface area contributed by atoms with E-state index in [0.29, 0.717) is 44.6 Å². The second-order valence-corrected chi connectivity index (χ2v) is 13.7. The van der Waals surface area contributed by atoms with Crippen LogP contribution in [0.3, 0.4) is 0 Å². The Morgan fingerprint density at radius 1 is 0.459 bits per heavy atom. The maximum absolute atomic E-state index is 13.2. The molecule has 0 aliphatic rings. The van der Waals surface area contributed by atoms with Gasteiger partial charge in [0.1, 0.15) is 11.4 Å². The van der Waals surface area contributed by atoms with E-state index in [1.54, 1.807) is 97.1 Å². The summed E-state index contributed by atoms with van der Waals surface area (Å²) in [6.07, 6.45) is 0. The third-order valence-corrected chi connectivity index (χ3v) is 9.73. The zero-order chi connectivity index (χ0) is 41.7. The highest BCUT2D eigenvalue weighted by Gasteiger charge is 2.20. The van der Waals surface area contributed by atoms with Crippen LogP contribution in [0.5, 0.6) is 11.5 Å². The molecule has 61 heavy (non-hydrogen) atoms. The van der Waals surface area contributed by atoms with Gasteiger partial charge in [-0.25, -0.2) is 0 Å². The molecule has 9 aromatic rings. The SMILES string of the molecule is O=C(Nc1ccccc1)c1cc2ccccc2c(N=Nc2ccc(-c3nnc(-c4ccc(N=Nc5c(O)c(C(=O)Nc6ccccc6)cc6ccccc56)cc4)o3)cc2)c1O. The molecule has 13 nitrogen and oxygen atoms in total. The first kappa shape index (κ1) is 37.7. The average Bonchev–Trinajstić information content (AvgIpc) is 3.80. The Bertz CT molecular complexity index is 2920. The number of phenols is 2. The van der Waals surface area contributed by atoms with Crippen LogP contribution in [-0.4, -0.2) is 32.2 Å². The number of aromatic hydroxyl groups is 2. The molecule has 1 aromatic heterocycles. The Balaban J connectivity index is 0.906. The maximum Gasteiger partial charge on any atom is 0.259 e. The molecule has 8 aromatic carbocycles. The van der Waals surface area contributed by atoms with E-state index in [4.69, 9.17) is 4.42 Å². The van der Waals surface area contributed by atoms with Gasteiger partial charge in [-0.15, -0.1) is 20.4 Å². The molecule has 0 saturated carbocycles. The quantitative estimate of drug-likeness (QED) is 0.0990. The van der Waals surface area contributed by atoms with Gasteiger partial charge < -0.3 is 25.3 Å². The molecule has 0 bridgehead atoms. The fourth-order valence-corrected chi connectivity index (χ4v) is 6.64. The Labute approximate surface area is 347 Å². The fourth-order valence-electron chi connectivity index (χ4n) is 6.64. The van der Waals surface area contributed by atoms with Crippen molar-refractivity contribution in [2.75, 3.05) is 10.6 Å². The van der Waals surface area contributed by atoms with E-state index in [0.717, 1.165) is 10.8 Å². The number of aromatic nitrogens is 2. The van der Waals surface area contributed by atoms with Crippen LogP contribution in [0.25, 0.3) is 44.5 Å². The van der Waals surface area contributed by atoms with E-state index < -0.39 is 11.8 Å². The number of azo groups is 2. The van der Waals surface area contributed by atoms with Crippen molar-refractivity contribution in [2.24, 2.45) is 20.5 Å². The standard InChI is InChI=1S/C48H32N8O5/c57-43-39(45(59)49-33-13-3-1-4-14-33)27-31-11-7-9-17-37(31)41(43)53-51-35-23-19-29(20-24-35)47-55-56-48(61-47)30-21-25-36(26-22-30)52-54-42-38-18-10-8-12-32(38)28-40(44(42)58)46(60)50-34-15-5-2-6-16-34/h1-28,57-58H,(H,49,59)(H,50,60).